The van der Waals surface area contributed by atoms with E-state index in [1.807, 2.05) is 41.5 Å². The number of halogens is 2. The average Bonchev–Trinajstić information content (AvgIpc) is 2.82. The number of hydrogen-bond donors (Lipinski definition) is 1. The smallest absolute Gasteiger partial charge is 0.399 e. The van der Waals surface area contributed by atoms with Crippen molar-refractivity contribution in [2.75, 3.05) is 6.54 Å². The second-order valence-electron chi connectivity index (χ2n) is 8.57. The van der Waals surface area contributed by atoms with Gasteiger partial charge in [0.15, 0.2) is 0 Å². The van der Waals surface area contributed by atoms with Gasteiger partial charge in [-0.3, -0.25) is 9.59 Å². The Morgan fingerprint density at radius 2 is 1.66 bits per heavy atom. The quantitative estimate of drug-likeness (QED) is 0.577. The Kier molecular flexibility index (Phi) is 5.82. The summed E-state index contributed by atoms with van der Waals surface area (Å²) in [4.78, 5) is 26.6. The van der Waals surface area contributed by atoms with E-state index in [0.29, 0.717) is 5.46 Å². The van der Waals surface area contributed by atoms with Crippen LogP contribution in [0, 0.1) is 0 Å². The minimum absolute atomic E-state index is 0.0387. The molecule has 156 valence electrons. The lowest BCUT2D eigenvalue weighted by atomic mass is 9.78. The van der Waals surface area contributed by atoms with Gasteiger partial charge in [0.1, 0.15) is 0 Å². The predicted molar refractivity (Wildman–Crippen MR) is 115 cm³/mol. The number of amides is 1. The summed E-state index contributed by atoms with van der Waals surface area (Å²) in [5.74, 6) is -0.483. The summed E-state index contributed by atoms with van der Waals surface area (Å²) in [6.45, 7) is 11.6. The van der Waals surface area contributed by atoms with Crippen molar-refractivity contribution >= 4 is 47.5 Å². The van der Waals surface area contributed by atoms with Crippen LogP contribution in [0.4, 0.5) is 0 Å². The fourth-order valence-corrected chi connectivity index (χ4v) is 3.83. The van der Waals surface area contributed by atoms with Gasteiger partial charge in [0.05, 0.1) is 39.1 Å². The number of hydrogen-bond acceptors (Lipinski definition) is 5. The van der Waals surface area contributed by atoms with Crippen LogP contribution in [0.1, 0.15) is 51.9 Å². The Balaban J connectivity index is 1.92. The molecule has 0 unspecified atom stereocenters. The summed E-state index contributed by atoms with van der Waals surface area (Å²) in [5, 5.41) is 3.25. The lowest BCUT2D eigenvalue weighted by Gasteiger charge is -2.32. The zero-order valence-electron chi connectivity index (χ0n) is 17.4. The second-order valence-corrected chi connectivity index (χ2v) is 9.38. The van der Waals surface area contributed by atoms with Crippen LogP contribution in [0.5, 0.6) is 0 Å². The van der Waals surface area contributed by atoms with E-state index >= 15 is 0 Å². The number of carbonyl (C=O) groups excluding carboxylic acids is 2. The highest BCUT2D eigenvalue weighted by atomic mass is 35.5. The van der Waals surface area contributed by atoms with E-state index in [4.69, 9.17) is 32.5 Å². The molecule has 1 aromatic rings. The molecule has 0 radical (unpaired) electrons. The molecule has 0 saturated carbocycles. The van der Waals surface area contributed by atoms with Crippen molar-refractivity contribution in [1.29, 1.82) is 0 Å². The lowest BCUT2D eigenvalue weighted by Crippen LogP contribution is -2.45. The number of allylic oxidation sites excluding steroid dienone is 1. The van der Waals surface area contributed by atoms with E-state index in [2.05, 4.69) is 5.32 Å². The molecule has 2 aliphatic rings. The highest BCUT2D eigenvalue weighted by Gasteiger charge is 2.52. The largest absolute Gasteiger partial charge is 0.494 e. The zero-order chi connectivity index (χ0) is 21.7. The van der Waals surface area contributed by atoms with Crippen molar-refractivity contribution in [3.05, 3.63) is 39.6 Å². The minimum Gasteiger partial charge on any atom is -0.399 e. The van der Waals surface area contributed by atoms with Crippen molar-refractivity contribution in [2.45, 2.75) is 58.8 Å². The van der Waals surface area contributed by atoms with Gasteiger partial charge >= 0.3 is 7.12 Å². The summed E-state index contributed by atoms with van der Waals surface area (Å²) in [7, 11) is -0.639. The normalized spacial score (nSPS) is 20.7. The third-order valence-electron chi connectivity index (χ3n) is 5.60. The van der Waals surface area contributed by atoms with Crippen molar-refractivity contribution in [2.24, 2.45) is 0 Å². The fourth-order valence-electron chi connectivity index (χ4n) is 3.15. The third-order valence-corrected chi connectivity index (χ3v) is 6.20. The Morgan fingerprint density at radius 1 is 1.14 bits per heavy atom. The lowest BCUT2D eigenvalue weighted by molar-refractivity contribution is -0.129. The summed E-state index contributed by atoms with van der Waals surface area (Å²) in [6, 6.07) is 3.21. The number of carbonyl (C=O) groups is 2. The predicted octanol–water partition coefficient (Wildman–Crippen LogP) is 3.16. The molecule has 1 saturated heterocycles. The van der Waals surface area contributed by atoms with E-state index < -0.39 is 18.3 Å². The van der Waals surface area contributed by atoms with Crippen LogP contribution in [0.25, 0.3) is 0 Å². The monoisotopic (exact) mass is 438 g/mol. The first-order valence-electron chi connectivity index (χ1n) is 9.50. The Morgan fingerprint density at radius 3 is 2.14 bits per heavy atom. The molecule has 0 aromatic heterocycles. The minimum atomic E-state index is -0.639. The Bertz CT molecular complexity index is 859. The molecule has 1 amide bonds. The average molecular weight is 439 g/mol. The first-order chi connectivity index (χ1) is 13.3. The van der Waals surface area contributed by atoms with E-state index in [0.717, 1.165) is 0 Å². The van der Waals surface area contributed by atoms with E-state index in [1.54, 1.807) is 12.1 Å². The third kappa shape index (κ3) is 4.06. The van der Waals surface area contributed by atoms with Crippen LogP contribution in [-0.4, -0.2) is 47.5 Å². The molecule has 1 aromatic carbocycles. The molecule has 29 heavy (non-hydrogen) atoms. The number of Topliss-reactive ketones (excluding diaryl/α,β-unsaturated/α-hetero) is 1. The van der Waals surface area contributed by atoms with Gasteiger partial charge in [-0.25, -0.2) is 0 Å². The molecule has 9 heteroatoms. The fraction of sp³-hybridized carbons (Fsp3) is 0.500. The topological polar surface area (TPSA) is 67.9 Å². The molecule has 0 bridgehead atoms. The molecule has 2 aliphatic heterocycles. The molecule has 2 heterocycles. The standard InChI is InChI=1S/C20H25BCl2N2O4/c1-11(2)25-10-15(24-9-16(25)26)18(27)17-13(22)7-12(8-14(17)23)21-28-19(3,4)20(5,6)29-21/h7-8,10-11,24H,9H2,1-6H3. The molecular weight excluding hydrogens is 414 g/mol. The van der Waals surface area contributed by atoms with Crippen molar-refractivity contribution in [1.82, 2.24) is 10.2 Å². The number of nitrogens with zero attached hydrogens (tertiary/aromatic N) is 1. The van der Waals surface area contributed by atoms with Gasteiger partial charge in [0, 0.05) is 12.2 Å². The number of rotatable bonds is 4. The maximum absolute atomic E-state index is 13.1. The van der Waals surface area contributed by atoms with Crippen LogP contribution in [0.3, 0.4) is 0 Å². The van der Waals surface area contributed by atoms with Gasteiger partial charge in [-0.05, 0) is 59.1 Å². The van der Waals surface area contributed by atoms with E-state index in [1.165, 1.54) is 11.1 Å². The molecular formula is C20H25BCl2N2O4. The Hall–Kier alpha value is -1.54. The SMILES string of the molecule is CC(C)N1C=C(C(=O)c2c(Cl)cc(B3OC(C)(C)C(C)(C)O3)cc2Cl)NCC1=O. The molecule has 0 aliphatic carbocycles. The van der Waals surface area contributed by atoms with Gasteiger partial charge in [-0.2, -0.15) is 0 Å². The van der Waals surface area contributed by atoms with Crippen LogP contribution < -0.4 is 10.8 Å². The van der Waals surface area contributed by atoms with E-state index in [9.17, 15) is 9.59 Å². The molecule has 6 nitrogen and oxygen atoms in total. The second kappa shape index (κ2) is 7.62. The summed E-state index contributed by atoms with van der Waals surface area (Å²) < 4.78 is 12.1. The summed E-state index contributed by atoms with van der Waals surface area (Å²) in [5.41, 5.74) is 0.0690. The zero-order valence-corrected chi connectivity index (χ0v) is 18.9. The molecule has 0 spiro atoms. The molecule has 0 atom stereocenters. The summed E-state index contributed by atoms with van der Waals surface area (Å²) >= 11 is 12.9. The first-order valence-corrected chi connectivity index (χ1v) is 10.3. The van der Waals surface area contributed by atoms with Gasteiger partial charge in [-0.1, -0.05) is 23.2 Å². The number of benzene rings is 1. The van der Waals surface area contributed by atoms with Gasteiger partial charge in [-0.15, -0.1) is 0 Å². The van der Waals surface area contributed by atoms with Crippen molar-refractivity contribution in [3.63, 3.8) is 0 Å². The molecule has 1 N–H and O–H groups in total. The Labute approximate surface area is 181 Å². The van der Waals surface area contributed by atoms with Crippen LogP contribution in [0.2, 0.25) is 10.0 Å². The number of nitrogens with one attached hydrogen (secondary N) is 1. The molecule has 3 rings (SSSR count). The van der Waals surface area contributed by atoms with Crippen LogP contribution >= 0.6 is 23.2 Å². The van der Waals surface area contributed by atoms with Gasteiger partial charge < -0.3 is 19.5 Å². The van der Waals surface area contributed by atoms with Gasteiger partial charge in [0.2, 0.25) is 11.7 Å². The first kappa shape index (κ1) is 22.2. The maximum Gasteiger partial charge on any atom is 0.494 e. The molecule has 1 fully saturated rings. The van der Waals surface area contributed by atoms with Gasteiger partial charge in [0.25, 0.3) is 0 Å². The van der Waals surface area contributed by atoms with Crippen LogP contribution in [0.15, 0.2) is 24.0 Å². The maximum atomic E-state index is 13.1. The van der Waals surface area contributed by atoms with E-state index in [-0.39, 0.29) is 45.6 Å². The highest BCUT2D eigenvalue weighted by molar-refractivity contribution is 6.63. The van der Waals surface area contributed by atoms with Crippen LogP contribution in [-0.2, 0) is 14.1 Å². The van der Waals surface area contributed by atoms with Crippen molar-refractivity contribution in [3.8, 4) is 0 Å². The highest BCUT2D eigenvalue weighted by Crippen LogP contribution is 2.37. The number of ketones is 1. The van der Waals surface area contributed by atoms with Crippen molar-refractivity contribution < 1.29 is 18.9 Å². The summed E-state index contributed by atoms with van der Waals surface area (Å²) in [6.07, 6.45) is 1.51.